The molecule has 0 bridgehead atoms. The number of carbonyl (C=O) groups excluding carboxylic acids is 1. The number of aryl methyl sites for hydroxylation is 1. The highest BCUT2D eigenvalue weighted by molar-refractivity contribution is 14.1. The van der Waals surface area contributed by atoms with Crippen LogP contribution >= 0.6 is 22.6 Å². The van der Waals surface area contributed by atoms with Crippen molar-refractivity contribution in [2.24, 2.45) is 0 Å². The molecule has 1 aromatic heterocycles. The first-order valence-corrected chi connectivity index (χ1v) is 7.17. The van der Waals surface area contributed by atoms with E-state index in [1.54, 1.807) is 13.1 Å². The second-order valence-corrected chi connectivity index (χ2v) is 5.77. The van der Waals surface area contributed by atoms with E-state index in [9.17, 15) is 9.90 Å². The highest BCUT2D eigenvalue weighted by Crippen LogP contribution is 2.17. The zero-order chi connectivity index (χ0) is 14.7. The third-order valence-electron chi connectivity index (χ3n) is 2.75. The fraction of sp³-hybridized carbons (Fsp3) is 0.308. The van der Waals surface area contributed by atoms with Crippen molar-refractivity contribution in [3.8, 4) is 0 Å². The molecule has 0 aliphatic rings. The molecular formula is C13H15IN4O2. The average molecular weight is 386 g/mol. The lowest BCUT2D eigenvalue weighted by molar-refractivity contribution is -0.116. The quantitative estimate of drug-likeness (QED) is 0.787. The Kier molecular flexibility index (Phi) is 4.71. The lowest BCUT2D eigenvalue weighted by atomic mass is 10.2. The largest absolute Gasteiger partial charge is 0.387 e. The van der Waals surface area contributed by atoms with Crippen LogP contribution in [0.15, 0.2) is 24.4 Å². The number of hydrogen-bond acceptors (Lipinski definition) is 4. The van der Waals surface area contributed by atoms with Gasteiger partial charge >= 0.3 is 0 Å². The molecule has 0 spiro atoms. The SMILES string of the molecule is Cc1cc(I)ccc1NC(=O)Cn1cc(C(C)O)nn1. The summed E-state index contributed by atoms with van der Waals surface area (Å²) in [5.41, 5.74) is 2.24. The van der Waals surface area contributed by atoms with E-state index in [1.165, 1.54) is 4.68 Å². The highest BCUT2D eigenvalue weighted by atomic mass is 127. The number of nitrogens with one attached hydrogen (secondary N) is 1. The van der Waals surface area contributed by atoms with Crippen LogP contribution in [0, 0.1) is 10.5 Å². The Morgan fingerprint density at radius 2 is 2.30 bits per heavy atom. The Bertz CT molecular complexity index is 625. The maximum atomic E-state index is 11.9. The molecule has 6 nitrogen and oxygen atoms in total. The van der Waals surface area contributed by atoms with Crippen molar-refractivity contribution < 1.29 is 9.90 Å². The second kappa shape index (κ2) is 6.31. The lowest BCUT2D eigenvalue weighted by Gasteiger charge is -2.08. The topological polar surface area (TPSA) is 80.0 Å². The van der Waals surface area contributed by atoms with Crippen LogP contribution in [0.4, 0.5) is 5.69 Å². The standard InChI is InChI=1S/C13H15IN4O2/c1-8-5-10(14)3-4-11(8)15-13(20)7-18-6-12(9(2)19)16-17-18/h3-6,9,19H,7H2,1-2H3,(H,15,20). The molecule has 2 N–H and O–H groups in total. The summed E-state index contributed by atoms with van der Waals surface area (Å²) < 4.78 is 2.52. The predicted octanol–water partition coefficient (Wildman–Crippen LogP) is 1.88. The van der Waals surface area contributed by atoms with Gasteiger partial charge in [0.15, 0.2) is 0 Å². The number of benzene rings is 1. The summed E-state index contributed by atoms with van der Waals surface area (Å²) in [5, 5.41) is 19.8. The van der Waals surface area contributed by atoms with Crippen LogP contribution in [0.3, 0.4) is 0 Å². The number of anilines is 1. The Morgan fingerprint density at radius 1 is 1.55 bits per heavy atom. The van der Waals surface area contributed by atoms with E-state index in [4.69, 9.17) is 0 Å². The Hall–Kier alpha value is -1.48. The first kappa shape index (κ1) is 14.9. The molecule has 0 fully saturated rings. The summed E-state index contributed by atoms with van der Waals surface area (Å²) in [6.07, 6.45) is 0.871. The Morgan fingerprint density at radius 3 is 2.90 bits per heavy atom. The van der Waals surface area contributed by atoms with Gasteiger partial charge in [-0.05, 0) is 60.2 Å². The number of aliphatic hydroxyl groups is 1. The minimum Gasteiger partial charge on any atom is -0.387 e. The number of halogens is 1. The van der Waals surface area contributed by atoms with Gasteiger partial charge in [0.05, 0.1) is 12.3 Å². The van der Waals surface area contributed by atoms with Gasteiger partial charge in [-0.25, -0.2) is 4.68 Å². The minimum absolute atomic E-state index is 0.0607. The van der Waals surface area contributed by atoms with Crippen LogP contribution in [-0.4, -0.2) is 26.0 Å². The number of aromatic nitrogens is 3. The van der Waals surface area contributed by atoms with Gasteiger partial charge < -0.3 is 10.4 Å². The number of hydrogen-bond donors (Lipinski definition) is 2. The van der Waals surface area contributed by atoms with Gasteiger partial charge in [-0.15, -0.1) is 5.10 Å². The summed E-state index contributed by atoms with van der Waals surface area (Å²) >= 11 is 2.22. The number of amides is 1. The van der Waals surface area contributed by atoms with E-state index in [-0.39, 0.29) is 12.5 Å². The molecule has 0 aliphatic heterocycles. The van der Waals surface area contributed by atoms with Crippen molar-refractivity contribution in [1.82, 2.24) is 15.0 Å². The normalized spacial score (nSPS) is 12.2. The Labute approximate surface area is 130 Å². The molecule has 0 radical (unpaired) electrons. The van der Waals surface area contributed by atoms with Gasteiger partial charge in [0.2, 0.25) is 5.91 Å². The van der Waals surface area contributed by atoms with Crippen molar-refractivity contribution in [3.63, 3.8) is 0 Å². The van der Waals surface area contributed by atoms with E-state index in [0.717, 1.165) is 14.8 Å². The van der Waals surface area contributed by atoms with Crippen LogP contribution in [-0.2, 0) is 11.3 Å². The van der Waals surface area contributed by atoms with Gasteiger partial charge in [0.25, 0.3) is 0 Å². The molecule has 7 heteroatoms. The van der Waals surface area contributed by atoms with Crippen molar-refractivity contribution in [2.75, 3.05) is 5.32 Å². The number of nitrogens with zero attached hydrogens (tertiary/aromatic N) is 3. The molecule has 2 rings (SSSR count). The highest BCUT2D eigenvalue weighted by Gasteiger charge is 2.10. The zero-order valence-electron chi connectivity index (χ0n) is 11.2. The summed E-state index contributed by atoms with van der Waals surface area (Å²) in [5.74, 6) is -0.184. The Balaban J connectivity index is 2.01. The smallest absolute Gasteiger partial charge is 0.246 e. The lowest BCUT2D eigenvalue weighted by Crippen LogP contribution is -2.19. The average Bonchev–Trinajstić information content (AvgIpc) is 2.81. The molecule has 106 valence electrons. The van der Waals surface area contributed by atoms with Gasteiger partial charge in [0.1, 0.15) is 12.2 Å². The first-order chi connectivity index (χ1) is 9.45. The van der Waals surface area contributed by atoms with Crippen molar-refractivity contribution in [1.29, 1.82) is 0 Å². The predicted molar refractivity (Wildman–Crippen MR) is 83.2 cm³/mol. The fourth-order valence-corrected chi connectivity index (χ4v) is 2.33. The summed E-state index contributed by atoms with van der Waals surface area (Å²) in [7, 11) is 0. The molecule has 1 aromatic carbocycles. The maximum absolute atomic E-state index is 11.9. The molecule has 20 heavy (non-hydrogen) atoms. The fourth-order valence-electron chi connectivity index (χ4n) is 1.69. The van der Waals surface area contributed by atoms with E-state index < -0.39 is 6.10 Å². The third kappa shape index (κ3) is 3.76. The summed E-state index contributed by atoms with van der Waals surface area (Å²) in [6.45, 7) is 3.60. The molecular weight excluding hydrogens is 371 g/mol. The van der Waals surface area contributed by atoms with Gasteiger partial charge in [-0.1, -0.05) is 5.21 Å². The molecule has 0 saturated heterocycles. The van der Waals surface area contributed by atoms with Crippen LogP contribution in [0.25, 0.3) is 0 Å². The molecule has 1 unspecified atom stereocenters. The van der Waals surface area contributed by atoms with Gasteiger partial charge in [0, 0.05) is 9.26 Å². The molecule has 1 amide bonds. The maximum Gasteiger partial charge on any atom is 0.246 e. The monoisotopic (exact) mass is 386 g/mol. The van der Waals surface area contributed by atoms with Gasteiger partial charge in [-0.2, -0.15) is 0 Å². The molecule has 0 saturated carbocycles. The summed E-state index contributed by atoms with van der Waals surface area (Å²) in [6, 6.07) is 5.80. The van der Waals surface area contributed by atoms with Crippen molar-refractivity contribution in [2.45, 2.75) is 26.5 Å². The molecule has 1 heterocycles. The first-order valence-electron chi connectivity index (χ1n) is 6.10. The second-order valence-electron chi connectivity index (χ2n) is 4.52. The minimum atomic E-state index is -0.690. The molecule has 0 aliphatic carbocycles. The molecule has 2 aromatic rings. The van der Waals surface area contributed by atoms with E-state index >= 15 is 0 Å². The van der Waals surface area contributed by atoms with Crippen molar-refractivity contribution in [3.05, 3.63) is 39.2 Å². The summed E-state index contributed by atoms with van der Waals surface area (Å²) in [4.78, 5) is 11.9. The third-order valence-corrected chi connectivity index (χ3v) is 3.42. The number of carbonyl (C=O) groups is 1. The number of rotatable bonds is 4. The van der Waals surface area contributed by atoms with Crippen LogP contribution < -0.4 is 5.32 Å². The van der Waals surface area contributed by atoms with E-state index in [1.807, 2.05) is 25.1 Å². The van der Waals surface area contributed by atoms with Crippen LogP contribution in [0.2, 0.25) is 0 Å². The van der Waals surface area contributed by atoms with E-state index in [2.05, 4.69) is 38.2 Å². The number of aliphatic hydroxyl groups excluding tert-OH is 1. The van der Waals surface area contributed by atoms with Crippen LogP contribution in [0.1, 0.15) is 24.3 Å². The zero-order valence-corrected chi connectivity index (χ0v) is 13.3. The van der Waals surface area contributed by atoms with E-state index in [0.29, 0.717) is 5.69 Å². The molecule has 1 atom stereocenters. The van der Waals surface area contributed by atoms with Crippen LogP contribution in [0.5, 0.6) is 0 Å². The van der Waals surface area contributed by atoms with Crippen molar-refractivity contribution >= 4 is 34.2 Å². The van der Waals surface area contributed by atoms with Gasteiger partial charge in [-0.3, -0.25) is 4.79 Å².